The van der Waals surface area contributed by atoms with Crippen molar-refractivity contribution in [1.82, 2.24) is 5.32 Å². The van der Waals surface area contributed by atoms with E-state index in [1.54, 1.807) is 6.19 Å². The van der Waals surface area contributed by atoms with E-state index in [0.717, 1.165) is 19.3 Å². The second-order valence-electron chi connectivity index (χ2n) is 3.23. The van der Waals surface area contributed by atoms with Gasteiger partial charge in [0.25, 0.3) is 0 Å². The SMILES string of the molecule is CCCC(C)(CC)C(=O)NC#N. The van der Waals surface area contributed by atoms with Crippen molar-refractivity contribution in [3.05, 3.63) is 0 Å². The van der Waals surface area contributed by atoms with E-state index in [9.17, 15) is 4.79 Å². The number of nitriles is 1. The van der Waals surface area contributed by atoms with Gasteiger partial charge in [0.15, 0.2) is 6.19 Å². The molecular weight excluding hydrogens is 152 g/mol. The average Bonchev–Trinajstić information content (AvgIpc) is 2.05. The second-order valence-corrected chi connectivity index (χ2v) is 3.23. The number of rotatable bonds is 4. The van der Waals surface area contributed by atoms with Crippen LogP contribution in [0.4, 0.5) is 0 Å². The monoisotopic (exact) mass is 168 g/mol. The molecule has 1 N–H and O–H groups in total. The van der Waals surface area contributed by atoms with Crippen molar-refractivity contribution in [2.24, 2.45) is 5.41 Å². The molecule has 0 aromatic heterocycles. The molecule has 0 rings (SSSR count). The van der Waals surface area contributed by atoms with Crippen molar-refractivity contribution in [3.8, 4) is 6.19 Å². The molecule has 0 aliphatic carbocycles. The third-order valence-corrected chi connectivity index (χ3v) is 2.30. The van der Waals surface area contributed by atoms with Gasteiger partial charge in [-0.15, -0.1) is 0 Å². The summed E-state index contributed by atoms with van der Waals surface area (Å²) in [6.07, 6.45) is 4.23. The highest BCUT2D eigenvalue weighted by molar-refractivity contribution is 5.83. The minimum Gasteiger partial charge on any atom is -0.273 e. The molecular formula is C9H16N2O. The van der Waals surface area contributed by atoms with Gasteiger partial charge in [-0.2, -0.15) is 5.26 Å². The van der Waals surface area contributed by atoms with E-state index in [2.05, 4.69) is 5.32 Å². The molecule has 0 aromatic rings. The normalized spacial score (nSPS) is 14.5. The van der Waals surface area contributed by atoms with Crippen LogP contribution in [-0.2, 0) is 4.79 Å². The van der Waals surface area contributed by atoms with Gasteiger partial charge in [0.05, 0.1) is 0 Å². The maximum Gasteiger partial charge on any atom is 0.238 e. The number of carbonyl (C=O) groups is 1. The Morgan fingerprint density at radius 2 is 2.17 bits per heavy atom. The first-order valence-electron chi connectivity index (χ1n) is 4.30. The largest absolute Gasteiger partial charge is 0.273 e. The molecule has 1 atom stereocenters. The summed E-state index contributed by atoms with van der Waals surface area (Å²) in [6.45, 7) is 5.89. The highest BCUT2D eigenvalue weighted by Gasteiger charge is 2.29. The molecule has 1 unspecified atom stereocenters. The molecule has 3 heteroatoms. The lowest BCUT2D eigenvalue weighted by Crippen LogP contribution is -2.35. The molecule has 0 saturated carbocycles. The van der Waals surface area contributed by atoms with Crippen molar-refractivity contribution in [3.63, 3.8) is 0 Å². The molecule has 0 aliphatic rings. The van der Waals surface area contributed by atoms with Gasteiger partial charge in [0, 0.05) is 5.41 Å². The van der Waals surface area contributed by atoms with Gasteiger partial charge in [-0.1, -0.05) is 27.2 Å². The summed E-state index contributed by atoms with van der Waals surface area (Å²) < 4.78 is 0. The van der Waals surface area contributed by atoms with Crippen LogP contribution in [0.5, 0.6) is 0 Å². The summed E-state index contributed by atoms with van der Waals surface area (Å²) in [6, 6.07) is 0. The molecule has 0 aromatic carbocycles. The number of carbonyl (C=O) groups excluding carboxylic acids is 1. The van der Waals surface area contributed by atoms with E-state index >= 15 is 0 Å². The van der Waals surface area contributed by atoms with Gasteiger partial charge in [-0.25, -0.2) is 0 Å². The quantitative estimate of drug-likeness (QED) is 0.514. The fraction of sp³-hybridized carbons (Fsp3) is 0.778. The number of hydrogen-bond acceptors (Lipinski definition) is 2. The van der Waals surface area contributed by atoms with E-state index in [4.69, 9.17) is 5.26 Å². The van der Waals surface area contributed by atoms with Gasteiger partial charge < -0.3 is 0 Å². The topological polar surface area (TPSA) is 52.9 Å². The number of nitrogens with zero attached hydrogens (tertiary/aromatic N) is 1. The Labute approximate surface area is 73.8 Å². The smallest absolute Gasteiger partial charge is 0.238 e. The molecule has 0 radical (unpaired) electrons. The first kappa shape index (κ1) is 11.0. The second kappa shape index (κ2) is 4.76. The Hall–Kier alpha value is -1.04. The van der Waals surface area contributed by atoms with Gasteiger partial charge in [-0.05, 0) is 12.8 Å². The van der Waals surface area contributed by atoms with Crippen LogP contribution in [0.1, 0.15) is 40.0 Å². The number of hydrogen-bond donors (Lipinski definition) is 1. The summed E-state index contributed by atoms with van der Waals surface area (Å²) in [4.78, 5) is 11.4. The van der Waals surface area contributed by atoms with E-state index < -0.39 is 0 Å². The van der Waals surface area contributed by atoms with Gasteiger partial charge in [0.2, 0.25) is 5.91 Å². The van der Waals surface area contributed by atoms with E-state index in [-0.39, 0.29) is 11.3 Å². The van der Waals surface area contributed by atoms with Gasteiger partial charge in [0.1, 0.15) is 0 Å². The van der Waals surface area contributed by atoms with Crippen molar-refractivity contribution in [2.75, 3.05) is 0 Å². The lowest BCUT2D eigenvalue weighted by molar-refractivity contribution is -0.129. The molecule has 0 heterocycles. The van der Waals surface area contributed by atoms with Crippen LogP contribution in [0.15, 0.2) is 0 Å². The minimum atomic E-state index is -0.371. The van der Waals surface area contributed by atoms with Crippen LogP contribution in [0.3, 0.4) is 0 Å². The van der Waals surface area contributed by atoms with Crippen molar-refractivity contribution < 1.29 is 4.79 Å². The minimum absolute atomic E-state index is 0.158. The van der Waals surface area contributed by atoms with Gasteiger partial charge >= 0.3 is 0 Å². The zero-order valence-corrected chi connectivity index (χ0v) is 7.98. The fourth-order valence-corrected chi connectivity index (χ4v) is 1.20. The highest BCUT2D eigenvalue weighted by atomic mass is 16.2. The fourth-order valence-electron chi connectivity index (χ4n) is 1.20. The Bertz CT molecular complexity index is 195. The van der Waals surface area contributed by atoms with Crippen molar-refractivity contribution in [2.45, 2.75) is 40.0 Å². The van der Waals surface area contributed by atoms with Crippen LogP contribution < -0.4 is 5.32 Å². The molecule has 12 heavy (non-hydrogen) atoms. The third-order valence-electron chi connectivity index (χ3n) is 2.30. The molecule has 68 valence electrons. The molecule has 0 saturated heterocycles. The molecule has 0 aliphatic heterocycles. The first-order chi connectivity index (χ1) is 5.60. The summed E-state index contributed by atoms with van der Waals surface area (Å²) >= 11 is 0. The lowest BCUT2D eigenvalue weighted by atomic mass is 9.82. The highest BCUT2D eigenvalue weighted by Crippen LogP contribution is 2.27. The summed E-state index contributed by atoms with van der Waals surface area (Å²) in [7, 11) is 0. The van der Waals surface area contributed by atoms with Crippen LogP contribution in [-0.4, -0.2) is 5.91 Å². The Kier molecular flexibility index (Phi) is 4.35. The summed E-state index contributed by atoms with van der Waals surface area (Å²) in [5.41, 5.74) is -0.371. The lowest BCUT2D eigenvalue weighted by Gasteiger charge is -2.24. The Balaban J connectivity index is 4.31. The predicted molar refractivity (Wildman–Crippen MR) is 47.1 cm³/mol. The van der Waals surface area contributed by atoms with Crippen molar-refractivity contribution >= 4 is 5.91 Å². The number of amides is 1. The van der Waals surface area contributed by atoms with E-state index in [1.807, 2.05) is 20.8 Å². The maximum absolute atomic E-state index is 11.4. The predicted octanol–water partition coefficient (Wildman–Crippen LogP) is 1.80. The zero-order chi connectivity index (χ0) is 9.61. The Morgan fingerprint density at radius 1 is 1.58 bits per heavy atom. The first-order valence-corrected chi connectivity index (χ1v) is 4.30. The zero-order valence-electron chi connectivity index (χ0n) is 7.98. The molecule has 1 amide bonds. The van der Waals surface area contributed by atoms with Crippen LogP contribution in [0, 0.1) is 16.9 Å². The van der Waals surface area contributed by atoms with Crippen LogP contribution >= 0.6 is 0 Å². The summed E-state index contributed by atoms with van der Waals surface area (Å²) in [5.74, 6) is -0.158. The maximum atomic E-state index is 11.4. The average molecular weight is 168 g/mol. The Morgan fingerprint density at radius 3 is 2.50 bits per heavy atom. The van der Waals surface area contributed by atoms with E-state index in [0.29, 0.717) is 0 Å². The summed E-state index contributed by atoms with van der Waals surface area (Å²) in [5, 5.41) is 10.5. The van der Waals surface area contributed by atoms with Crippen LogP contribution in [0.25, 0.3) is 0 Å². The van der Waals surface area contributed by atoms with Gasteiger partial charge in [-0.3, -0.25) is 10.1 Å². The molecule has 0 bridgehead atoms. The number of nitrogens with one attached hydrogen (secondary N) is 1. The van der Waals surface area contributed by atoms with Crippen LogP contribution in [0.2, 0.25) is 0 Å². The molecule has 0 spiro atoms. The standard InChI is InChI=1S/C9H16N2O/c1-4-6-9(3,5-2)8(12)11-7-10/h4-6H2,1-3H3,(H,11,12). The molecule has 3 nitrogen and oxygen atoms in total. The third kappa shape index (κ3) is 2.54. The van der Waals surface area contributed by atoms with Crippen molar-refractivity contribution in [1.29, 1.82) is 5.26 Å². The molecule has 0 fully saturated rings. The van der Waals surface area contributed by atoms with E-state index in [1.165, 1.54) is 0 Å².